The molecule has 116 valence electrons. The SMILES string of the molecule is CCC[NH+]1CCC[C@H](NC(=S)Nc2ccc(Cl)c(Cl)c2)C1. The van der Waals surface area contributed by atoms with Crippen molar-refractivity contribution in [2.24, 2.45) is 0 Å². The van der Waals surface area contributed by atoms with Gasteiger partial charge in [0.25, 0.3) is 0 Å². The fourth-order valence-corrected chi connectivity index (χ4v) is 3.36. The summed E-state index contributed by atoms with van der Waals surface area (Å²) in [6.45, 7) is 5.89. The summed E-state index contributed by atoms with van der Waals surface area (Å²) in [4.78, 5) is 1.67. The molecule has 3 nitrogen and oxygen atoms in total. The Balaban J connectivity index is 1.84. The summed E-state index contributed by atoms with van der Waals surface area (Å²) >= 11 is 17.3. The molecule has 21 heavy (non-hydrogen) atoms. The van der Waals surface area contributed by atoms with Gasteiger partial charge in [-0.05, 0) is 49.7 Å². The van der Waals surface area contributed by atoms with Crippen molar-refractivity contribution >= 4 is 46.2 Å². The number of thiocarbonyl (C=S) groups is 1. The second-order valence-corrected chi connectivity index (χ2v) is 6.74. The fraction of sp³-hybridized carbons (Fsp3) is 0.533. The molecule has 0 spiro atoms. The van der Waals surface area contributed by atoms with Crippen molar-refractivity contribution in [2.45, 2.75) is 32.2 Å². The van der Waals surface area contributed by atoms with Gasteiger partial charge in [0.15, 0.2) is 5.11 Å². The van der Waals surface area contributed by atoms with E-state index in [0.717, 1.165) is 12.2 Å². The van der Waals surface area contributed by atoms with Crippen LogP contribution in [0.25, 0.3) is 0 Å². The Bertz CT molecular complexity index is 494. The Labute approximate surface area is 142 Å². The molecule has 1 fully saturated rings. The molecular formula is C15H22Cl2N3S+. The third-order valence-electron chi connectivity index (χ3n) is 3.73. The Morgan fingerprint density at radius 1 is 1.38 bits per heavy atom. The highest BCUT2D eigenvalue weighted by molar-refractivity contribution is 7.80. The molecule has 0 aliphatic carbocycles. The minimum Gasteiger partial charge on any atom is -0.354 e. The largest absolute Gasteiger partial charge is 0.354 e. The normalized spacial score (nSPS) is 21.9. The topological polar surface area (TPSA) is 28.5 Å². The Hall–Kier alpha value is -0.550. The van der Waals surface area contributed by atoms with Crippen molar-refractivity contribution in [1.29, 1.82) is 0 Å². The van der Waals surface area contributed by atoms with Crippen LogP contribution in [0.1, 0.15) is 26.2 Å². The van der Waals surface area contributed by atoms with Crippen LogP contribution in [0.5, 0.6) is 0 Å². The first-order valence-electron chi connectivity index (χ1n) is 7.44. The number of halogens is 2. The van der Waals surface area contributed by atoms with Crippen molar-refractivity contribution in [1.82, 2.24) is 5.32 Å². The van der Waals surface area contributed by atoms with Gasteiger partial charge in [0, 0.05) is 5.69 Å². The maximum absolute atomic E-state index is 6.00. The van der Waals surface area contributed by atoms with Crippen LogP contribution in [-0.2, 0) is 0 Å². The highest BCUT2D eigenvalue weighted by Crippen LogP contribution is 2.24. The van der Waals surface area contributed by atoms with Gasteiger partial charge in [0.2, 0.25) is 0 Å². The van der Waals surface area contributed by atoms with E-state index in [1.165, 1.54) is 32.4 Å². The number of quaternary nitrogens is 1. The zero-order chi connectivity index (χ0) is 15.2. The van der Waals surface area contributed by atoms with E-state index in [0.29, 0.717) is 21.2 Å². The van der Waals surface area contributed by atoms with Crippen LogP contribution in [0.3, 0.4) is 0 Å². The summed E-state index contributed by atoms with van der Waals surface area (Å²) in [5.41, 5.74) is 0.857. The molecule has 0 radical (unpaired) electrons. The molecule has 2 rings (SSSR count). The van der Waals surface area contributed by atoms with Gasteiger partial charge in [-0.2, -0.15) is 0 Å². The molecule has 1 aliphatic heterocycles. The quantitative estimate of drug-likeness (QED) is 0.732. The molecule has 1 saturated heterocycles. The molecule has 1 heterocycles. The maximum atomic E-state index is 6.00. The highest BCUT2D eigenvalue weighted by Gasteiger charge is 2.22. The van der Waals surface area contributed by atoms with Crippen LogP contribution in [-0.4, -0.2) is 30.8 Å². The van der Waals surface area contributed by atoms with Gasteiger partial charge < -0.3 is 15.5 Å². The number of hydrogen-bond acceptors (Lipinski definition) is 1. The summed E-state index contributed by atoms with van der Waals surface area (Å²) in [7, 11) is 0. The average molecular weight is 347 g/mol. The fourth-order valence-electron chi connectivity index (χ4n) is 2.78. The Kier molecular flexibility index (Phi) is 6.55. The van der Waals surface area contributed by atoms with Crippen molar-refractivity contribution < 1.29 is 4.90 Å². The van der Waals surface area contributed by atoms with Gasteiger partial charge in [-0.1, -0.05) is 30.1 Å². The molecule has 1 aromatic rings. The molecule has 0 saturated carbocycles. The molecule has 1 aliphatic rings. The van der Waals surface area contributed by atoms with Crippen molar-refractivity contribution in [2.75, 3.05) is 25.0 Å². The molecule has 0 bridgehead atoms. The van der Waals surface area contributed by atoms with Crippen LogP contribution in [0.15, 0.2) is 18.2 Å². The zero-order valence-corrected chi connectivity index (χ0v) is 14.5. The van der Waals surface area contributed by atoms with Crippen LogP contribution >= 0.6 is 35.4 Å². The number of rotatable bonds is 4. The van der Waals surface area contributed by atoms with Gasteiger partial charge in [-0.15, -0.1) is 0 Å². The lowest BCUT2D eigenvalue weighted by Gasteiger charge is -2.30. The monoisotopic (exact) mass is 346 g/mol. The number of hydrogen-bond donors (Lipinski definition) is 3. The Morgan fingerprint density at radius 2 is 2.19 bits per heavy atom. The van der Waals surface area contributed by atoms with Crippen LogP contribution in [0.4, 0.5) is 5.69 Å². The summed E-state index contributed by atoms with van der Waals surface area (Å²) in [6, 6.07) is 5.87. The molecular weight excluding hydrogens is 325 g/mol. The number of nitrogens with one attached hydrogen (secondary N) is 3. The van der Waals surface area contributed by atoms with Crippen molar-refractivity contribution in [3.63, 3.8) is 0 Å². The first-order chi connectivity index (χ1) is 10.1. The predicted octanol–water partition coefficient (Wildman–Crippen LogP) is 2.74. The third-order valence-corrected chi connectivity index (χ3v) is 4.69. The van der Waals surface area contributed by atoms with E-state index in [4.69, 9.17) is 35.4 Å². The molecule has 0 amide bonds. The summed E-state index contributed by atoms with van der Waals surface area (Å²) in [5, 5.41) is 8.31. The second kappa shape index (κ2) is 8.18. The van der Waals surface area contributed by atoms with Gasteiger partial charge in [-0.3, -0.25) is 0 Å². The van der Waals surface area contributed by atoms with E-state index in [-0.39, 0.29) is 0 Å². The number of piperidine rings is 1. The molecule has 0 aromatic heterocycles. The predicted molar refractivity (Wildman–Crippen MR) is 94.7 cm³/mol. The molecule has 1 aromatic carbocycles. The number of anilines is 1. The minimum atomic E-state index is 0.447. The first kappa shape index (κ1) is 16.8. The minimum absolute atomic E-state index is 0.447. The molecule has 3 N–H and O–H groups in total. The number of likely N-dealkylation sites (tertiary alicyclic amines) is 1. The maximum Gasteiger partial charge on any atom is 0.171 e. The first-order valence-corrected chi connectivity index (χ1v) is 8.61. The van der Waals surface area contributed by atoms with Gasteiger partial charge in [-0.25, -0.2) is 0 Å². The summed E-state index contributed by atoms with van der Waals surface area (Å²) in [6.07, 6.45) is 3.66. The smallest absolute Gasteiger partial charge is 0.171 e. The lowest BCUT2D eigenvalue weighted by Crippen LogP contribution is -3.14. The van der Waals surface area contributed by atoms with Gasteiger partial charge >= 0.3 is 0 Å². The van der Waals surface area contributed by atoms with Crippen LogP contribution in [0.2, 0.25) is 10.0 Å². The van der Waals surface area contributed by atoms with Crippen molar-refractivity contribution in [3.8, 4) is 0 Å². The highest BCUT2D eigenvalue weighted by atomic mass is 35.5. The molecule has 2 atom stereocenters. The van der Waals surface area contributed by atoms with Gasteiger partial charge in [0.05, 0.1) is 35.7 Å². The molecule has 6 heteroatoms. The van der Waals surface area contributed by atoms with E-state index in [9.17, 15) is 0 Å². The number of benzene rings is 1. The van der Waals surface area contributed by atoms with Crippen LogP contribution < -0.4 is 15.5 Å². The van der Waals surface area contributed by atoms with Gasteiger partial charge in [0.1, 0.15) is 0 Å². The van der Waals surface area contributed by atoms with E-state index < -0.39 is 0 Å². The van der Waals surface area contributed by atoms with Crippen LogP contribution in [0, 0.1) is 0 Å². The summed E-state index contributed by atoms with van der Waals surface area (Å²) < 4.78 is 0. The summed E-state index contributed by atoms with van der Waals surface area (Å²) in [5.74, 6) is 0. The lowest BCUT2D eigenvalue weighted by atomic mass is 10.1. The Morgan fingerprint density at radius 3 is 2.90 bits per heavy atom. The van der Waals surface area contributed by atoms with Crippen molar-refractivity contribution in [3.05, 3.63) is 28.2 Å². The average Bonchev–Trinajstić information content (AvgIpc) is 2.43. The second-order valence-electron chi connectivity index (χ2n) is 5.52. The van der Waals surface area contributed by atoms with E-state index >= 15 is 0 Å². The van der Waals surface area contributed by atoms with E-state index in [1.54, 1.807) is 17.0 Å². The molecule has 1 unspecified atom stereocenters. The lowest BCUT2D eigenvalue weighted by molar-refractivity contribution is -0.906. The zero-order valence-electron chi connectivity index (χ0n) is 12.2. The standard InChI is InChI=1S/C15H21Cl2N3S/c1-2-7-20-8-3-4-12(10-20)19-15(21)18-11-5-6-13(16)14(17)9-11/h5-6,9,12H,2-4,7-8,10H2,1H3,(H2,18,19,21)/p+1/t12-/m0/s1. The van der Waals surface area contributed by atoms with E-state index in [1.807, 2.05) is 6.07 Å². The third kappa shape index (κ3) is 5.29. The van der Waals surface area contributed by atoms with E-state index in [2.05, 4.69) is 17.6 Å².